The Balaban J connectivity index is 1.60. The Morgan fingerprint density at radius 3 is 2.70 bits per heavy atom. The van der Waals surface area contributed by atoms with Crippen LogP contribution in [0.25, 0.3) is 11.3 Å². The van der Waals surface area contributed by atoms with Gasteiger partial charge in [-0.1, -0.05) is 23.7 Å². The first kappa shape index (κ1) is 16.2. The first-order valence-corrected chi connectivity index (χ1v) is 9.99. The number of thiazole rings is 1. The molecule has 2 amide bonds. The molecule has 1 saturated heterocycles. The number of amides is 2. The number of carbonyl (C=O) groups is 1. The zero-order valence-corrected chi connectivity index (χ0v) is 14.3. The number of halogens is 1. The maximum atomic E-state index is 11.9. The first-order valence-electron chi connectivity index (χ1n) is 6.91. The molecule has 2 heterocycles. The molecule has 1 aliphatic heterocycles. The molecule has 1 aromatic carbocycles. The summed E-state index contributed by atoms with van der Waals surface area (Å²) in [6, 6.07) is 6.47. The quantitative estimate of drug-likeness (QED) is 0.868. The fraction of sp³-hybridized carbons (Fsp3) is 0.286. The lowest BCUT2D eigenvalue weighted by Gasteiger charge is -2.10. The number of aromatic nitrogens is 1. The van der Waals surface area contributed by atoms with E-state index in [1.54, 1.807) is 12.1 Å². The Morgan fingerprint density at radius 1 is 1.30 bits per heavy atom. The van der Waals surface area contributed by atoms with Crippen molar-refractivity contribution in [2.45, 2.75) is 12.5 Å². The van der Waals surface area contributed by atoms with Crippen molar-refractivity contribution in [3.05, 3.63) is 34.7 Å². The van der Waals surface area contributed by atoms with Crippen molar-refractivity contribution in [3.8, 4) is 11.3 Å². The van der Waals surface area contributed by atoms with Crippen LogP contribution in [0.2, 0.25) is 5.02 Å². The van der Waals surface area contributed by atoms with Crippen molar-refractivity contribution in [1.82, 2.24) is 10.3 Å². The topological polar surface area (TPSA) is 88.2 Å². The number of urea groups is 1. The summed E-state index contributed by atoms with van der Waals surface area (Å²) in [6.07, 6.45) is 0.448. The largest absolute Gasteiger partial charge is 0.334 e. The van der Waals surface area contributed by atoms with Crippen LogP contribution in [0.1, 0.15) is 6.42 Å². The third kappa shape index (κ3) is 4.21. The van der Waals surface area contributed by atoms with Crippen LogP contribution in [-0.2, 0) is 9.84 Å². The van der Waals surface area contributed by atoms with E-state index in [1.807, 2.05) is 17.5 Å². The van der Waals surface area contributed by atoms with E-state index in [0.717, 1.165) is 11.3 Å². The molecule has 1 atom stereocenters. The Labute approximate surface area is 142 Å². The molecule has 0 radical (unpaired) electrons. The molecule has 1 aromatic heterocycles. The lowest BCUT2D eigenvalue weighted by atomic mass is 10.2. The number of hydrogen-bond donors (Lipinski definition) is 2. The Hall–Kier alpha value is -1.64. The van der Waals surface area contributed by atoms with E-state index in [-0.39, 0.29) is 17.5 Å². The maximum Gasteiger partial charge on any atom is 0.321 e. The summed E-state index contributed by atoms with van der Waals surface area (Å²) >= 11 is 7.15. The molecule has 122 valence electrons. The van der Waals surface area contributed by atoms with Gasteiger partial charge < -0.3 is 5.32 Å². The van der Waals surface area contributed by atoms with Crippen LogP contribution in [0.15, 0.2) is 29.6 Å². The molecular formula is C14H14ClN3O3S2. The van der Waals surface area contributed by atoms with E-state index in [1.165, 1.54) is 11.3 Å². The number of nitrogens with one attached hydrogen (secondary N) is 2. The van der Waals surface area contributed by atoms with Gasteiger partial charge in [0.2, 0.25) is 0 Å². The summed E-state index contributed by atoms with van der Waals surface area (Å²) < 4.78 is 22.7. The second-order valence-corrected chi connectivity index (χ2v) is 8.77. The molecule has 2 N–H and O–H groups in total. The van der Waals surface area contributed by atoms with E-state index in [9.17, 15) is 13.2 Å². The van der Waals surface area contributed by atoms with Gasteiger partial charge in [-0.2, -0.15) is 0 Å². The van der Waals surface area contributed by atoms with Gasteiger partial charge in [-0.3, -0.25) is 5.32 Å². The van der Waals surface area contributed by atoms with Crippen LogP contribution in [0.3, 0.4) is 0 Å². The van der Waals surface area contributed by atoms with Crippen LogP contribution in [-0.4, -0.2) is 37.0 Å². The highest BCUT2D eigenvalue weighted by atomic mass is 35.5. The van der Waals surface area contributed by atoms with E-state index in [0.29, 0.717) is 16.6 Å². The van der Waals surface area contributed by atoms with Crippen molar-refractivity contribution in [3.63, 3.8) is 0 Å². The first-order chi connectivity index (χ1) is 10.9. The van der Waals surface area contributed by atoms with Gasteiger partial charge in [0.1, 0.15) is 0 Å². The molecule has 2 aromatic rings. The monoisotopic (exact) mass is 371 g/mol. The average molecular weight is 372 g/mol. The van der Waals surface area contributed by atoms with Gasteiger partial charge in [0.15, 0.2) is 15.0 Å². The molecule has 9 heteroatoms. The van der Waals surface area contributed by atoms with E-state index in [4.69, 9.17) is 11.6 Å². The van der Waals surface area contributed by atoms with Gasteiger partial charge >= 0.3 is 6.03 Å². The minimum atomic E-state index is -3.02. The van der Waals surface area contributed by atoms with Gasteiger partial charge in [-0.25, -0.2) is 18.2 Å². The molecular weight excluding hydrogens is 358 g/mol. The molecule has 0 unspecified atom stereocenters. The lowest BCUT2D eigenvalue weighted by Crippen LogP contribution is -2.38. The number of nitrogens with zero attached hydrogens (tertiary/aromatic N) is 1. The summed E-state index contributed by atoms with van der Waals surface area (Å²) in [7, 11) is -3.02. The minimum Gasteiger partial charge on any atom is -0.334 e. The standard InChI is InChI=1S/C14H14ClN3O3S2/c15-10-3-1-9(2-4-10)12-7-22-14(17-12)18-13(19)16-11-5-6-23(20,21)8-11/h1-4,7,11H,5-6,8H2,(H2,16,17,18,19)/t11-/m0/s1. The third-order valence-corrected chi connectivity index (χ3v) is 6.21. The van der Waals surface area contributed by atoms with Gasteiger partial charge in [-0.15, -0.1) is 11.3 Å². The third-order valence-electron chi connectivity index (χ3n) is 3.43. The summed E-state index contributed by atoms with van der Waals surface area (Å²) in [6.45, 7) is 0. The van der Waals surface area contributed by atoms with Crippen LogP contribution in [0.5, 0.6) is 0 Å². The molecule has 0 aliphatic carbocycles. The number of benzene rings is 1. The molecule has 23 heavy (non-hydrogen) atoms. The lowest BCUT2D eigenvalue weighted by molar-refractivity contribution is 0.249. The van der Waals surface area contributed by atoms with Crippen molar-refractivity contribution in [2.24, 2.45) is 0 Å². The van der Waals surface area contributed by atoms with Crippen molar-refractivity contribution in [2.75, 3.05) is 16.8 Å². The van der Waals surface area contributed by atoms with Crippen LogP contribution in [0.4, 0.5) is 9.93 Å². The van der Waals surface area contributed by atoms with Gasteiger partial charge in [0.05, 0.1) is 17.2 Å². The van der Waals surface area contributed by atoms with Crippen molar-refractivity contribution < 1.29 is 13.2 Å². The fourth-order valence-electron chi connectivity index (χ4n) is 2.31. The molecule has 6 nitrogen and oxygen atoms in total. The Kier molecular flexibility index (Phi) is 4.56. The zero-order valence-electron chi connectivity index (χ0n) is 12.0. The predicted octanol–water partition coefficient (Wildman–Crippen LogP) is 2.77. The van der Waals surface area contributed by atoms with Crippen molar-refractivity contribution >= 4 is 43.9 Å². The number of anilines is 1. The molecule has 1 fully saturated rings. The fourth-order valence-corrected chi connectivity index (χ4v) is 4.83. The summed E-state index contributed by atoms with van der Waals surface area (Å²) in [5, 5.41) is 8.22. The Morgan fingerprint density at radius 2 is 2.04 bits per heavy atom. The number of sulfone groups is 1. The summed E-state index contributed by atoms with van der Waals surface area (Å²) in [5.41, 5.74) is 1.64. The number of rotatable bonds is 3. The average Bonchev–Trinajstić information content (AvgIpc) is 3.06. The maximum absolute atomic E-state index is 11.9. The van der Waals surface area contributed by atoms with E-state index in [2.05, 4.69) is 15.6 Å². The highest BCUT2D eigenvalue weighted by molar-refractivity contribution is 7.91. The molecule has 0 spiro atoms. The summed E-state index contributed by atoms with van der Waals surface area (Å²) in [4.78, 5) is 16.2. The molecule has 0 saturated carbocycles. The highest BCUT2D eigenvalue weighted by Gasteiger charge is 2.29. The predicted molar refractivity (Wildman–Crippen MR) is 91.8 cm³/mol. The SMILES string of the molecule is O=C(Nc1nc(-c2ccc(Cl)cc2)cs1)N[C@H]1CCS(=O)(=O)C1. The van der Waals surface area contributed by atoms with Gasteiger partial charge in [-0.05, 0) is 18.6 Å². The van der Waals surface area contributed by atoms with E-state index >= 15 is 0 Å². The smallest absolute Gasteiger partial charge is 0.321 e. The zero-order chi connectivity index (χ0) is 16.4. The Bertz CT molecular complexity index is 818. The van der Waals surface area contributed by atoms with Crippen LogP contribution in [0, 0.1) is 0 Å². The second kappa shape index (κ2) is 6.46. The minimum absolute atomic E-state index is 0.00564. The number of hydrogen-bond acceptors (Lipinski definition) is 5. The van der Waals surface area contributed by atoms with Crippen LogP contribution >= 0.6 is 22.9 Å². The highest BCUT2D eigenvalue weighted by Crippen LogP contribution is 2.26. The number of carbonyl (C=O) groups excluding carboxylic acids is 1. The van der Waals surface area contributed by atoms with E-state index < -0.39 is 15.9 Å². The van der Waals surface area contributed by atoms with Gasteiger partial charge in [0, 0.05) is 22.0 Å². The second-order valence-electron chi connectivity index (χ2n) is 5.24. The summed E-state index contributed by atoms with van der Waals surface area (Å²) in [5.74, 6) is 0.115. The molecule has 1 aliphatic rings. The van der Waals surface area contributed by atoms with Crippen LogP contribution < -0.4 is 10.6 Å². The normalized spacial score (nSPS) is 19.4. The molecule has 0 bridgehead atoms. The molecule has 3 rings (SSSR count). The van der Waals surface area contributed by atoms with Gasteiger partial charge in [0.25, 0.3) is 0 Å². The van der Waals surface area contributed by atoms with Crippen molar-refractivity contribution in [1.29, 1.82) is 0 Å².